The number of hydrogen-bond donors (Lipinski definition) is 0. The average molecular weight is 370 g/mol. The molecule has 0 spiro atoms. The second-order valence-electron chi connectivity index (χ2n) is 8.61. The smallest absolute Gasteiger partial charge is 0.410 e. The second-order valence-corrected chi connectivity index (χ2v) is 8.61. The number of fused-ring (bicyclic) bond motifs is 3. The van der Waals surface area contributed by atoms with Crippen LogP contribution in [0.15, 0.2) is 24.8 Å². The molecule has 0 aromatic carbocycles. The molecule has 7 heteroatoms. The number of carbonyl (C=O) groups excluding carboxylic acids is 2. The largest absolute Gasteiger partial charge is 0.444 e. The summed E-state index contributed by atoms with van der Waals surface area (Å²) in [4.78, 5) is 36.1. The zero-order valence-corrected chi connectivity index (χ0v) is 16.1. The monoisotopic (exact) mass is 370 g/mol. The number of carbonyl (C=O) groups is 2. The van der Waals surface area contributed by atoms with Gasteiger partial charge in [-0.25, -0.2) is 9.78 Å². The van der Waals surface area contributed by atoms with E-state index in [9.17, 15) is 9.59 Å². The van der Waals surface area contributed by atoms with Gasteiger partial charge in [0.25, 0.3) is 0 Å². The van der Waals surface area contributed by atoms with E-state index in [-0.39, 0.29) is 29.9 Å². The first-order valence-corrected chi connectivity index (χ1v) is 9.66. The van der Waals surface area contributed by atoms with Crippen LogP contribution in [0.25, 0.3) is 5.65 Å². The van der Waals surface area contributed by atoms with Crippen molar-refractivity contribution in [3.05, 3.63) is 30.5 Å². The highest BCUT2D eigenvalue weighted by Crippen LogP contribution is 2.39. The Kier molecular flexibility index (Phi) is 4.40. The molecule has 2 aromatic rings. The van der Waals surface area contributed by atoms with Crippen LogP contribution in [0.4, 0.5) is 4.79 Å². The minimum atomic E-state index is -0.511. The zero-order chi connectivity index (χ0) is 19.2. The van der Waals surface area contributed by atoms with Crippen LogP contribution in [0.1, 0.15) is 63.4 Å². The van der Waals surface area contributed by atoms with Crippen LogP contribution in [-0.2, 0) is 4.74 Å². The maximum absolute atomic E-state index is 13.2. The molecule has 4 rings (SSSR count). The highest BCUT2D eigenvalue weighted by atomic mass is 16.6. The third-order valence-corrected chi connectivity index (χ3v) is 5.52. The molecule has 2 unspecified atom stereocenters. The number of ether oxygens (including phenoxy) is 1. The molecule has 0 radical (unpaired) electrons. The van der Waals surface area contributed by atoms with Crippen molar-refractivity contribution in [2.24, 2.45) is 5.92 Å². The summed E-state index contributed by atoms with van der Waals surface area (Å²) in [5.74, 6) is 0.0153. The van der Waals surface area contributed by atoms with Crippen LogP contribution in [0, 0.1) is 5.92 Å². The van der Waals surface area contributed by atoms with Gasteiger partial charge in [0.15, 0.2) is 11.4 Å². The molecule has 2 fully saturated rings. The lowest BCUT2D eigenvalue weighted by Crippen LogP contribution is -2.56. The van der Waals surface area contributed by atoms with Gasteiger partial charge in [-0.15, -0.1) is 0 Å². The van der Waals surface area contributed by atoms with E-state index in [1.54, 1.807) is 29.2 Å². The average Bonchev–Trinajstić information content (AvgIpc) is 3.02. The normalized spacial score (nSPS) is 25.4. The van der Waals surface area contributed by atoms with Gasteiger partial charge in [-0.3, -0.25) is 14.2 Å². The lowest BCUT2D eigenvalue weighted by Gasteiger charge is -2.48. The van der Waals surface area contributed by atoms with Gasteiger partial charge in [0.1, 0.15) is 11.3 Å². The Balaban J connectivity index is 1.54. The van der Waals surface area contributed by atoms with Crippen LogP contribution in [0.3, 0.4) is 0 Å². The Morgan fingerprint density at radius 1 is 1.15 bits per heavy atom. The molecule has 27 heavy (non-hydrogen) atoms. The third-order valence-electron chi connectivity index (χ3n) is 5.52. The van der Waals surface area contributed by atoms with Crippen LogP contribution >= 0.6 is 0 Å². The Morgan fingerprint density at radius 3 is 2.52 bits per heavy atom. The van der Waals surface area contributed by atoms with Crippen molar-refractivity contribution in [1.29, 1.82) is 0 Å². The molecule has 4 heterocycles. The van der Waals surface area contributed by atoms with Crippen molar-refractivity contribution in [3.63, 3.8) is 0 Å². The lowest BCUT2D eigenvalue weighted by molar-refractivity contribution is -0.0261. The van der Waals surface area contributed by atoms with E-state index in [0.717, 1.165) is 19.3 Å². The topological polar surface area (TPSA) is 76.8 Å². The van der Waals surface area contributed by atoms with Gasteiger partial charge >= 0.3 is 6.09 Å². The quantitative estimate of drug-likeness (QED) is 0.757. The van der Waals surface area contributed by atoms with Gasteiger partial charge in [-0.1, -0.05) is 0 Å². The molecule has 2 bridgehead atoms. The van der Waals surface area contributed by atoms with Gasteiger partial charge in [0, 0.05) is 30.4 Å². The molecule has 2 saturated heterocycles. The van der Waals surface area contributed by atoms with Gasteiger partial charge in [-0.05, 0) is 52.9 Å². The summed E-state index contributed by atoms with van der Waals surface area (Å²) < 4.78 is 7.42. The maximum Gasteiger partial charge on any atom is 0.410 e. The van der Waals surface area contributed by atoms with Crippen molar-refractivity contribution in [1.82, 2.24) is 19.3 Å². The fraction of sp³-hybridized carbons (Fsp3) is 0.600. The van der Waals surface area contributed by atoms with Crippen molar-refractivity contribution in [2.75, 3.05) is 0 Å². The number of ketones is 1. The first kappa shape index (κ1) is 17.9. The van der Waals surface area contributed by atoms with E-state index in [2.05, 4.69) is 9.97 Å². The molecule has 0 aliphatic carbocycles. The predicted molar refractivity (Wildman–Crippen MR) is 99.5 cm³/mol. The van der Waals surface area contributed by atoms with E-state index in [0.29, 0.717) is 24.2 Å². The number of rotatable bonds is 2. The molecule has 2 aliphatic heterocycles. The zero-order valence-electron chi connectivity index (χ0n) is 16.1. The maximum atomic E-state index is 13.2. The van der Waals surface area contributed by atoms with Gasteiger partial charge in [-0.2, -0.15) is 0 Å². The van der Waals surface area contributed by atoms with Crippen LogP contribution in [-0.4, -0.2) is 48.8 Å². The molecule has 1 amide bonds. The number of nitrogens with zero attached hydrogens (tertiary/aromatic N) is 4. The summed E-state index contributed by atoms with van der Waals surface area (Å²) in [6, 6.07) is 0.143. The molecular formula is C20H26N4O3. The second kappa shape index (κ2) is 6.62. The first-order valence-electron chi connectivity index (χ1n) is 9.66. The summed E-state index contributed by atoms with van der Waals surface area (Å²) in [6.07, 6.45) is 10.8. The Hall–Kier alpha value is -2.44. The number of Topliss-reactive ketones (excluding diaryl/α,β-unsaturated/α-hetero) is 1. The summed E-state index contributed by atoms with van der Waals surface area (Å²) in [6.45, 7) is 5.66. The van der Waals surface area contributed by atoms with Gasteiger partial charge < -0.3 is 9.64 Å². The van der Waals surface area contributed by atoms with Gasteiger partial charge in [0.05, 0.1) is 12.4 Å². The van der Waals surface area contributed by atoms with Crippen molar-refractivity contribution >= 4 is 17.5 Å². The van der Waals surface area contributed by atoms with Crippen molar-refractivity contribution < 1.29 is 14.3 Å². The molecule has 7 nitrogen and oxygen atoms in total. The molecule has 2 aliphatic rings. The molecular weight excluding hydrogens is 344 g/mol. The van der Waals surface area contributed by atoms with Crippen molar-refractivity contribution in [2.45, 2.75) is 70.6 Å². The number of imidazole rings is 1. The summed E-state index contributed by atoms with van der Waals surface area (Å²) in [5.41, 5.74) is 0.760. The Labute approximate surface area is 158 Å². The highest BCUT2D eigenvalue weighted by molar-refractivity contribution is 5.97. The van der Waals surface area contributed by atoms with E-state index in [4.69, 9.17) is 4.74 Å². The van der Waals surface area contributed by atoms with Gasteiger partial charge in [0.2, 0.25) is 0 Å². The number of amides is 1. The summed E-state index contributed by atoms with van der Waals surface area (Å²) >= 11 is 0. The number of piperidine rings is 2. The molecule has 2 aromatic heterocycles. The third kappa shape index (κ3) is 3.42. The highest BCUT2D eigenvalue weighted by Gasteiger charge is 2.44. The van der Waals surface area contributed by atoms with Crippen LogP contribution in [0.2, 0.25) is 0 Å². The van der Waals surface area contributed by atoms with Crippen LogP contribution < -0.4 is 0 Å². The fourth-order valence-corrected chi connectivity index (χ4v) is 4.44. The SMILES string of the molecule is CC(C)(C)OC(=O)N1C2CCCC1CC(C(=O)c1cnc3cnccn13)C2. The number of hydrogen-bond acceptors (Lipinski definition) is 5. The van der Waals surface area contributed by atoms with Crippen molar-refractivity contribution in [3.8, 4) is 0 Å². The molecule has 144 valence electrons. The Bertz CT molecular complexity index is 855. The summed E-state index contributed by atoms with van der Waals surface area (Å²) in [7, 11) is 0. The first-order chi connectivity index (χ1) is 12.8. The predicted octanol–water partition coefficient (Wildman–Crippen LogP) is 3.48. The van der Waals surface area contributed by atoms with Crippen LogP contribution in [0.5, 0.6) is 0 Å². The van der Waals surface area contributed by atoms with E-state index < -0.39 is 5.60 Å². The minimum absolute atomic E-state index is 0.0714. The lowest BCUT2D eigenvalue weighted by atomic mass is 9.76. The molecule has 2 atom stereocenters. The molecule has 0 saturated carbocycles. The molecule has 0 N–H and O–H groups in total. The Morgan fingerprint density at radius 2 is 1.85 bits per heavy atom. The van der Waals surface area contributed by atoms with E-state index >= 15 is 0 Å². The summed E-state index contributed by atoms with van der Waals surface area (Å²) in [5, 5.41) is 0. The van der Waals surface area contributed by atoms with E-state index in [1.807, 2.05) is 25.7 Å². The minimum Gasteiger partial charge on any atom is -0.444 e. The fourth-order valence-electron chi connectivity index (χ4n) is 4.44. The standard InChI is InChI=1S/C20H26N4O3/c1-20(2,3)27-19(26)24-14-5-4-6-15(24)10-13(9-14)18(25)16-11-22-17-12-21-7-8-23(16)17/h7-8,11-15H,4-6,9-10H2,1-3H3. The number of aromatic nitrogens is 3. The van der Waals surface area contributed by atoms with E-state index in [1.165, 1.54) is 0 Å².